The lowest BCUT2D eigenvalue weighted by Crippen LogP contribution is -2.44. The van der Waals surface area contributed by atoms with Crippen LogP contribution in [-0.4, -0.2) is 56.6 Å². The lowest BCUT2D eigenvalue weighted by atomic mass is 9.96. The molecule has 5 rings (SSSR count). The molecule has 0 amide bonds. The van der Waals surface area contributed by atoms with Crippen molar-refractivity contribution in [3.63, 3.8) is 0 Å². The number of hydrogen-bond donors (Lipinski definition) is 1. The lowest BCUT2D eigenvalue weighted by molar-refractivity contribution is -0.884. The van der Waals surface area contributed by atoms with Crippen molar-refractivity contribution in [2.75, 3.05) is 51.6 Å². The number of pyridine rings is 1. The van der Waals surface area contributed by atoms with Crippen molar-refractivity contribution >= 4 is 22.7 Å². The maximum atomic E-state index is 13.2. The van der Waals surface area contributed by atoms with Crippen LogP contribution in [0.1, 0.15) is 110 Å². The Morgan fingerprint density at radius 3 is 2.43 bits per heavy atom. The summed E-state index contributed by atoms with van der Waals surface area (Å²) in [4.78, 5) is 20.2. The van der Waals surface area contributed by atoms with E-state index in [0.29, 0.717) is 12.3 Å². The van der Waals surface area contributed by atoms with Gasteiger partial charge in [-0.05, 0) is 74.1 Å². The Hall–Kier alpha value is -3.12. The number of ether oxygens (including phenoxy) is 1. The third-order valence-electron chi connectivity index (χ3n) is 8.89. The molecule has 0 bridgehead atoms. The summed E-state index contributed by atoms with van der Waals surface area (Å²) in [5.74, 6) is 2.74. The van der Waals surface area contributed by atoms with E-state index in [2.05, 4.69) is 70.3 Å². The van der Waals surface area contributed by atoms with Gasteiger partial charge in [0.05, 0.1) is 56.8 Å². The van der Waals surface area contributed by atoms with E-state index in [1.54, 1.807) is 7.11 Å². The van der Waals surface area contributed by atoms with Crippen molar-refractivity contribution in [3.05, 3.63) is 70.0 Å². The van der Waals surface area contributed by atoms with E-state index in [1.807, 2.05) is 19.1 Å². The number of nitrogens with zero attached hydrogens (tertiary/aromatic N) is 3. The predicted molar refractivity (Wildman–Crippen MR) is 176 cm³/mol. The van der Waals surface area contributed by atoms with Crippen molar-refractivity contribution in [1.82, 2.24) is 4.98 Å². The number of Topliss-reactive ketones (excluding diaryl/α,β-unsaturated/α-hetero) is 1. The summed E-state index contributed by atoms with van der Waals surface area (Å²) in [6.07, 6.45) is 12.7. The molecule has 0 spiro atoms. The first-order chi connectivity index (χ1) is 20.0. The highest BCUT2D eigenvalue weighted by molar-refractivity contribution is 5.96. The molecular weight excluding hydrogens is 520 g/mol. The first-order valence-electron chi connectivity index (χ1n) is 15.9. The molecule has 1 fully saturated rings. The standard InChI is InChI=1S/C31H43N4O2.C5H10/c1-20(2)24-18-28-27(15-21(24)3)33-31(34(28)5)12-10-9-11-29(36)23-16-22(4)32-26(17-23)25-19-35(6,7)14-13-30(25)37-8;1-2-4-5-3-1/h12,15-18,20,33H,9-11,13-14,19H2,1-8H3;1-5H2/q+1;/b31-12-;. The predicted octanol–water partition coefficient (Wildman–Crippen LogP) is 8.37. The second kappa shape index (κ2) is 13.9. The van der Waals surface area contributed by atoms with Crippen LogP contribution < -0.4 is 10.2 Å². The molecule has 1 aromatic heterocycles. The number of rotatable bonds is 8. The van der Waals surface area contributed by atoms with Crippen molar-refractivity contribution in [1.29, 1.82) is 0 Å². The molecular formula is C36H53N4O2+. The Morgan fingerprint density at radius 2 is 1.79 bits per heavy atom. The lowest BCUT2D eigenvalue weighted by Gasteiger charge is -2.35. The number of nitrogens with one attached hydrogen (secondary N) is 1. The van der Waals surface area contributed by atoms with Gasteiger partial charge < -0.3 is 19.4 Å². The van der Waals surface area contributed by atoms with Crippen LogP contribution in [0.3, 0.4) is 0 Å². The third kappa shape index (κ3) is 7.83. The summed E-state index contributed by atoms with van der Waals surface area (Å²) in [7, 11) is 8.28. The van der Waals surface area contributed by atoms with E-state index >= 15 is 0 Å². The van der Waals surface area contributed by atoms with Gasteiger partial charge in [0.2, 0.25) is 0 Å². The highest BCUT2D eigenvalue weighted by Crippen LogP contribution is 2.39. The smallest absolute Gasteiger partial charge is 0.163 e. The topological polar surface area (TPSA) is 54.5 Å². The van der Waals surface area contributed by atoms with E-state index in [9.17, 15) is 4.79 Å². The van der Waals surface area contributed by atoms with Crippen LogP contribution in [0.15, 0.2) is 41.9 Å². The summed E-state index contributed by atoms with van der Waals surface area (Å²) >= 11 is 0. The van der Waals surface area contributed by atoms with Crippen molar-refractivity contribution in [2.24, 2.45) is 0 Å². The van der Waals surface area contributed by atoms with Gasteiger partial charge in [-0.15, -0.1) is 0 Å². The Bertz CT molecular complexity index is 1330. The molecule has 1 aromatic carbocycles. The monoisotopic (exact) mass is 573 g/mol. The summed E-state index contributed by atoms with van der Waals surface area (Å²) in [5.41, 5.74) is 8.67. The first kappa shape index (κ1) is 31.8. The second-order valence-corrected chi connectivity index (χ2v) is 13.3. The van der Waals surface area contributed by atoms with Crippen LogP contribution in [0.25, 0.3) is 5.57 Å². The fraction of sp³-hybridized carbons (Fsp3) is 0.556. The maximum absolute atomic E-state index is 13.2. The molecule has 0 unspecified atom stereocenters. The van der Waals surface area contributed by atoms with E-state index in [4.69, 9.17) is 9.72 Å². The fourth-order valence-corrected chi connectivity index (χ4v) is 6.37. The van der Waals surface area contributed by atoms with Crippen molar-refractivity contribution in [2.45, 2.75) is 91.4 Å². The van der Waals surface area contributed by atoms with Gasteiger partial charge in [-0.2, -0.15) is 0 Å². The molecule has 2 aliphatic heterocycles. The number of hydrogen-bond acceptors (Lipinski definition) is 5. The number of methoxy groups -OCH3 is 1. The number of carbonyl (C=O) groups is 1. The zero-order valence-corrected chi connectivity index (χ0v) is 27.4. The number of benzene rings is 1. The molecule has 0 radical (unpaired) electrons. The Balaban J connectivity index is 0.000000732. The SMILES string of the molecule is C1CCCC1.COC1=C(c2cc(C(=O)CCC/C=C3/Nc4cc(C)c(C(C)C)cc4N3C)cc(C)n2)C[N+](C)(C)CC1. The average molecular weight is 574 g/mol. The van der Waals surface area contributed by atoms with Crippen LogP contribution in [0.4, 0.5) is 11.4 Å². The Kier molecular flexibility index (Phi) is 10.5. The second-order valence-electron chi connectivity index (χ2n) is 13.3. The highest BCUT2D eigenvalue weighted by atomic mass is 16.5. The number of anilines is 2. The molecule has 1 N–H and O–H groups in total. The van der Waals surface area contributed by atoms with Gasteiger partial charge in [0.25, 0.3) is 0 Å². The average Bonchev–Trinajstić information content (AvgIpc) is 3.62. The quantitative estimate of drug-likeness (QED) is 0.195. The van der Waals surface area contributed by atoms with Gasteiger partial charge in [-0.3, -0.25) is 9.78 Å². The number of aryl methyl sites for hydroxylation is 2. The molecule has 6 heteroatoms. The number of ketones is 1. The van der Waals surface area contributed by atoms with E-state index in [0.717, 1.165) is 76.6 Å². The number of quaternary nitrogens is 1. The zero-order chi connectivity index (χ0) is 30.4. The van der Waals surface area contributed by atoms with Gasteiger partial charge in [0.15, 0.2) is 5.78 Å². The summed E-state index contributed by atoms with van der Waals surface area (Å²) in [5, 5.41) is 3.55. The van der Waals surface area contributed by atoms with Gasteiger partial charge in [0.1, 0.15) is 18.1 Å². The highest BCUT2D eigenvalue weighted by Gasteiger charge is 2.29. The van der Waals surface area contributed by atoms with Crippen LogP contribution in [-0.2, 0) is 4.74 Å². The molecule has 42 heavy (non-hydrogen) atoms. The normalized spacial score (nSPS) is 18.6. The molecule has 1 aliphatic carbocycles. The minimum absolute atomic E-state index is 0.169. The molecule has 1 saturated carbocycles. The van der Waals surface area contributed by atoms with Crippen molar-refractivity contribution in [3.8, 4) is 0 Å². The van der Waals surface area contributed by atoms with Gasteiger partial charge >= 0.3 is 0 Å². The molecule has 0 atom stereocenters. The maximum Gasteiger partial charge on any atom is 0.163 e. The summed E-state index contributed by atoms with van der Waals surface area (Å²) < 4.78 is 6.59. The minimum Gasteiger partial charge on any atom is -0.500 e. The van der Waals surface area contributed by atoms with Crippen LogP contribution in [0.2, 0.25) is 0 Å². The molecule has 3 heterocycles. The van der Waals surface area contributed by atoms with Crippen LogP contribution in [0, 0.1) is 13.8 Å². The summed E-state index contributed by atoms with van der Waals surface area (Å²) in [6, 6.07) is 8.42. The first-order valence-corrected chi connectivity index (χ1v) is 15.9. The number of carbonyl (C=O) groups excluding carboxylic acids is 1. The van der Waals surface area contributed by atoms with Crippen LogP contribution >= 0.6 is 0 Å². The van der Waals surface area contributed by atoms with E-state index < -0.39 is 0 Å². The van der Waals surface area contributed by atoms with E-state index in [1.165, 1.54) is 48.9 Å². The zero-order valence-electron chi connectivity index (χ0n) is 27.4. The number of unbranched alkanes of at least 4 members (excludes halogenated alkanes) is 1. The number of allylic oxidation sites excluding steroid dienone is 1. The van der Waals surface area contributed by atoms with E-state index in [-0.39, 0.29) is 5.78 Å². The largest absolute Gasteiger partial charge is 0.500 e. The van der Waals surface area contributed by atoms with Gasteiger partial charge in [-0.25, -0.2) is 0 Å². The summed E-state index contributed by atoms with van der Waals surface area (Å²) in [6.45, 7) is 10.5. The molecule has 6 nitrogen and oxygen atoms in total. The third-order valence-corrected chi connectivity index (χ3v) is 8.89. The van der Waals surface area contributed by atoms with Gasteiger partial charge in [-0.1, -0.05) is 46.0 Å². The van der Waals surface area contributed by atoms with Crippen LogP contribution in [0.5, 0.6) is 0 Å². The molecule has 0 saturated heterocycles. The number of likely N-dealkylation sites (N-methyl/N-ethyl adjacent to an activating group) is 1. The molecule has 3 aliphatic rings. The number of aromatic nitrogens is 1. The van der Waals surface area contributed by atoms with Crippen molar-refractivity contribution < 1.29 is 14.0 Å². The minimum atomic E-state index is 0.169. The Labute approximate surface area is 254 Å². The molecule has 228 valence electrons. The van der Waals surface area contributed by atoms with Gasteiger partial charge in [0, 0.05) is 24.7 Å². The Morgan fingerprint density at radius 1 is 1.10 bits per heavy atom. The number of fused-ring (bicyclic) bond motifs is 1. The fourth-order valence-electron chi connectivity index (χ4n) is 6.37. The molecule has 2 aromatic rings.